The molecule has 1 aliphatic rings. The van der Waals surface area contributed by atoms with Crippen molar-refractivity contribution in [2.24, 2.45) is 11.8 Å². The fourth-order valence-electron chi connectivity index (χ4n) is 2.68. The first-order valence-corrected chi connectivity index (χ1v) is 7.42. The summed E-state index contributed by atoms with van der Waals surface area (Å²) in [7, 11) is 0. The maximum absolute atomic E-state index is 12.4. The van der Waals surface area contributed by atoms with Crippen LogP contribution in [-0.4, -0.2) is 17.8 Å². The molecule has 23 heavy (non-hydrogen) atoms. The number of rotatable bonds is 4. The summed E-state index contributed by atoms with van der Waals surface area (Å²) in [6.45, 7) is 3.29. The van der Waals surface area contributed by atoms with Crippen LogP contribution < -0.4 is 15.7 Å². The molecule has 2 atom stereocenters. The lowest BCUT2D eigenvalue weighted by Crippen LogP contribution is -2.42. The van der Waals surface area contributed by atoms with Gasteiger partial charge in [-0.3, -0.25) is 9.59 Å². The average Bonchev–Trinajstić information content (AvgIpc) is 2.48. The van der Waals surface area contributed by atoms with Gasteiger partial charge in [0.1, 0.15) is 0 Å². The van der Waals surface area contributed by atoms with E-state index in [4.69, 9.17) is 0 Å². The van der Waals surface area contributed by atoms with E-state index in [0.29, 0.717) is 24.2 Å². The fourth-order valence-corrected chi connectivity index (χ4v) is 2.68. The third kappa shape index (κ3) is 4.42. The van der Waals surface area contributed by atoms with E-state index in [-0.39, 0.29) is 11.8 Å². The summed E-state index contributed by atoms with van der Waals surface area (Å²) in [5, 5.41) is 16.6. The van der Waals surface area contributed by atoms with Gasteiger partial charge in [-0.15, -0.1) is 0 Å². The molecule has 0 unspecified atom stereocenters. The van der Waals surface area contributed by atoms with Gasteiger partial charge in [0.25, 0.3) is 0 Å². The van der Waals surface area contributed by atoms with Gasteiger partial charge in [0.05, 0.1) is 5.92 Å². The van der Waals surface area contributed by atoms with Crippen molar-refractivity contribution in [2.45, 2.75) is 26.7 Å². The maximum Gasteiger partial charge on any atom is 0.228 e. The number of nitrogens with one attached hydrogen (secondary N) is 2. The molecule has 6 heteroatoms. The third-order valence-electron chi connectivity index (χ3n) is 3.86. The summed E-state index contributed by atoms with van der Waals surface area (Å²) in [6, 6.07) is 6.64. The van der Waals surface area contributed by atoms with E-state index in [2.05, 4.69) is 10.6 Å². The predicted molar refractivity (Wildman–Crippen MR) is 84.4 cm³/mol. The van der Waals surface area contributed by atoms with E-state index in [1.54, 1.807) is 24.3 Å². The average molecular weight is 315 g/mol. The number of carbonyl (C=O) groups is 3. The molecule has 6 nitrogen and oxygen atoms in total. The first-order chi connectivity index (χ1) is 10.9. The monoisotopic (exact) mass is 315 g/mol. The van der Waals surface area contributed by atoms with Crippen LogP contribution in [0.5, 0.6) is 0 Å². The molecule has 2 amide bonds. The second-order valence-corrected chi connectivity index (χ2v) is 5.77. The molecule has 2 N–H and O–H groups in total. The van der Waals surface area contributed by atoms with Crippen molar-refractivity contribution in [3.05, 3.63) is 35.9 Å². The Kier molecular flexibility index (Phi) is 5.16. The molecule has 0 bridgehead atoms. The summed E-state index contributed by atoms with van der Waals surface area (Å²) in [4.78, 5) is 34.6. The molecule has 1 aromatic rings. The van der Waals surface area contributed by atoms with E-state index in [1.165, 1.54) is 6.92 Å². The van der Waals surface area contributed by atoms with E-state index in [1.807, 2.05) is 13.0 Å². The molecule has 0 saturated heterocycles. The molecule has 0 aromatic heterocycles. The number of carboxylic acid groups (broad SMARTS) is 1. The number of hydrogen-bond donors (Lipinski definition) is 2. The number of aliphatic carboxylic acids is 1. The smallest absolute Gasteiger partial charge is 0.228 e. The predicted octanol–water partition coefficient (Wildman–Crippen LogP) is 1.31. The number of amides is 2. The van der Waals surface area contributed by atoms with Gasteiger partial charge in [-0.25, -0.2) is 0 Å². The van der Waals surface area contributed by atoms with Crippen LogP contribution in [0.25, 0.3) is 0 Å². The molecule has 0 aliphatic heterocycles. The van der Waals surface area contributed by atoms with Gasteiger partial charge in [-0.2, -0.15) is 0 Å². The van der Waals surface area contributed by atoms with Crippen molar-refractivity contribution in [1.29, 1.82) is 0 Å². The zero-order valence-corrected chi connectivity index (χ0v) is 13.1. The van der Waals surface area contributed by atoms with Crippen molar-refractivity contribution in [3.63, 3.8) is 0 Å². The van der Waals surface area contributed by atoms with Crippen molar-refractivity contribution < 1.29 is 19.5 Å². The fraction of sp³-hybridized carbons (Fsp3) is 0.353. The van der Waals surface area contributed by atoms with Gasteiger partial charge < -0.3 is 20.5 Å². The van der Waals surface area contributed by atoms with Crippen LogP contribution in [-0.2, 0) is 14.4 Å². The Hall–Kier alpha value is -2.63. The number of carboxylic acids is 1. The number of benzene rings is 1. The van der Waals surface area contributed by atoms with Crippen LogP contribution in [0.1, 0.15) is 26.7 Å². The molecule has 1 aliphatic carbocycles. The van der Waals surface area contributed by atoms with Crippen LogP contribution in [0.15, 0.2) is 35.9 Å². The highest BCUT2D eigenvalue weighted by Gasteiger charge is 2.31. The summed E-state index contributed by atoms with van der Waals surface area (Å²) in [6.07, 6.45) is 2.56. The van der Waals surface area contributed by atoms with Crippen LogP contribution in [0.2, 0.25) is 0 Å². The Bertz CT molecular complexity index is 649. The van der Waals surface area contributed by atoms with Crippen LogP contribution in [0, 0.1) is 11.8 Å². The first kappa shape index (κ1) is 16.7. The molecule has 0 heterocycles. The highest BCUT2D eigenvalue weighted by Crippen LogP contribution is 2.30. The Morgan fingerprint density at radius 3 is 2.13 bits per heavy atom. The Labute approximate surface area is 134 Å². The highest BCUT2D eigenvalue weighted by atomic mass is 16.4. The molecule has 0 radical (unpaired) electrons. The second-order valence-electron chi connectivity index (χ2n) is 5.77. The Morgan fingerprint density at radius 2 is 1.61 bits per heavy atom. The summed E-state index contributed by atoms with van der Waals surface area (Å²) >= 11 is 0. The number of hydrogen-bond acceptors (Lipinski definition) is 4. The zero-order valence-electron chi connectivity index (χ0n) is 13.1. The molecule has 0 spiro atoms. The Morgan fingerprint density at radius 1 is 1.04 bits per heavy atom. The van der Waals surface area contributed by atoms with Gasteiger partial charge in [0, 0.05) is 30.2 Å². The lowest BCUT2D eigenvalue weighted by molar-refractivity contribution is -0.313. The van der Waals surface area contributed by atoms with E-state index in [0.717, 1.165) is 5.57 Å². The van der Waals surface area contributed by atoms with Crippen molar-refractivity contribution in [2.75, 3.05) is 10.6 Å². The van der Waals surface area contributed by atoms with Crippen LogP contribution in [0.3, 0.4) is 0 Å². The van der Waals surface area contributed by atoms with Crippen molar-refractivity contribution in [3.8, 4) is 0 Å². The van der Waals surface area contributed by atoms with E-state index >= 15 is 0 Å². The summed E-state index contributed by atoms with van der Waals surface area (Å²) in [5.74, 6) is -3.16. The van der Waals surface area contributed by atoms with E-state index < -0.39 is 17.8 Å². The molecule has 0 fully saturated rings. The highest BCUT2D eigenvalue weighted by molar-refractivity contribution is 5.96. The minimum Gasteiger partial charge on any atom is -0.550 e. The second kappa shape index (κ2) is 7.09. The largest absolute Gasteiger partial charge is 0.550 e. The van der Waals surface area contributed by atoms with Crippen molar-refractivity contribution >= 4 is 29.2 Å². The normalized spacial score (nSPS) is 20.3. The minimum absolute atomic E-state index is 0.178. The number of anilines is 2. The maximum atomic E-state index is 12.4. The van der Waals surface area contributed by atoms with Crippen LogP contribution in [0.4, 0.5) is 11.4 Å². The zero-order chi connectivity index (χ0) is 17.0. The Balaban J connectivity index is 2.06. The molecule has 1 aromatic carbocycles. The molecular formula is C17H19N2O4-. The molecule has 122 valence electrons. The van der Waals surface area contributed by atoms with Crippen LogP contribution >= 0.6 is 0 Å². The molecule has 2 rings (SSSR count). The first-order valence-electron chi connectivity index (χ1n) is 7.42. The lowest BCUT2D eigenvalue weighted by atomic mass is 9.79. The van der Waals surface area contributed by atoms with E-state index in [9.17, 15) is 19.5 Å². The minimum atomic E-state index is -1.20. The topological polar surface area (TPSA) is 98.3 Å². The van der Waals surface area contributed by atoms with Gasteiger partial charge in [-0.05, 0) is 44.0 Å². The van der Waals surface area contributed by atoms with Gasteiger partial charge in [0.2, 0.25) is 11.8 Å². The summed E-state index contributed by atoms with van der Waals surface area (Å²) < 4.78 is 0. The number of allylic oxidation sites excluding steroid dienone is 2. The quantitative estimate of drug-likeness (QED) is 0.818. The standard InChI is InChI=1S/C17H20N2O4/c1-10-3-8-14(17(22)23)15(9-10)16(21)19-13-6-4-12(5-7-13)18-11(2)20/h3-7,14-15H,8-9H2,1-2H3,(H,18,20)(H,19,21)(H,22,23)/p-1/t14-,15-/m0/s1. The SMILES string of the molecule is CC(=O)Nc1ccc(NC(=O)[C@H]2CC(C)=CC[C@@H]2C(=O)[O-])cc1. The summed E-state index contributed by atoms with van der Waals surface area (Å²) in [5.41, 5.74) is 2.18. The molecular weight excluding hydrogens is 296 g/mol. The number of carbonyl (C=O) groups excluding carboxylic acids is 3. The van der Waals surface area contributed by atoms with Gasteiger partial charge >= 0.3 is 0 Å². The van der Waals surface area contributed by atoms with Gasteiger partial charge in [0.15, 0.2) is 0 Å². The lowest BCUT2D eigenvalue weighted by Gasteiger charge is -2.30. The van der Waals surface area contributed by atoms with Gasteiger partial charge in [-0.1, -0.05) is 11.6 Å². The molecule has 0 saturated carbocycles. The third-order valence-corrected chi connectivity index (χ3v) is 3.86. The van der Waals surface area contributed by atoms with Crippen molar-refractivity contribution in [1.82, 2.24) is 0 Å².